The Morgan fingerprint density at radius 2 is 0.891 bits per heavy atom. The van der Waals surface area contributed by atoms with Crippen LogP contribution in [0.1, 0.15) is 48.9 Å². The lowest BCUT2D eigenvalue weighted by Gasteiger charge is -2.11. The molecule has 4 aromatic rings. The fourth-order valence-corrected chi connectivity index (χ4v) is 6.23. The van der Waals surface area contributed by atoms with Gasteiger partial charge in [0.2, 0.25) is 23.4 Å². The number of rotatable bonds is 18. The van der Waals surface area contributed by atoms with Crippen molar-refractivity contribution in [1.29, 1.82) is 0 Å². The fraction of sp³-hybridized carbons (Fsp3) is 0.238. The molecule has 288 valence electrons. The van der Waals surface area contributed by atoms with Gasteiger partial charge >= 0.3 is 23.9 Å². The van der Waals surface area contributed by atoms with Crippen LogP contribution in [-0.2, 0) is 51.3 Å². The molecule has 13 heteroatoms. The largest absolute Gasteiger partial charge is 0.457 e. The molecule has 0 aromatic heterocycles. The molecule has 4 aromatic carbocycles. The highest BCUT2D eigenvalue weighted by Gasteiger charge is 2.19. The molecule has 0 unspecified atom stereocenters. The van der Waals surface area contributed by atoms with Crippen LogP contribution in [0.25, 0.3) is 0 Å². The summed E-state index contributed by atoms with van der Waals surface area (Å²) in [6.45, 7) is 13.3. The van der Waals surface area contributed by atoms with Crippen LogP contribution >= 0.6 is 0 Å². The number of ether oxygens (including phenoxy) is 6. The molecule has 0 bridgehead atoms. The molecule has 0 aliphatic rings. The third-order valence-electron chi connectivity index (χ3n) is 8.08. The van der Waals surface area contributed by atoms with Gasteiger partial charge in [0.15, 0.2) is 0 Å². The van der Waals surface area contributed by atoms with E-state index in [-0.39, 0.29) is 58.9 Å². The van der Waals surface area contributed by atoms with Crippen molar-refractivity contribution in [3.63, 3.8) is 0 Å². The van der Waals surface area contributed by atoms with Crippen LogP contribution in [0.2, 0.25) is 0 Å². The van der Waals surface area contributed by atoms with Crippen molar-refractivity contribution in [3.8, 4) is 23.0 Å². The zero-order valence-corrected chi connectivity index (χ0v) is 31.9. The Morgan fingerprint density at radius 1 is 0.545 bits per heavy atom. The highest BCUT2D eigenvalue weighted by Crippen LogP contribution is 2.26. The van der Waals surface area contributed by atoms with Crippen LogP contribution in [0.5, 0.6) is 23.0 Å². The number of carbonyl (C=O) groups is 4. The summed E-state index contributed by atoms with van der Waals surface area (Å²) >= 11 is 0. The van der Waals surface area contributed by atoms with Gasteiger partial charge in [0.05, 0.1) is 9.79 Å². The second-order valence-electron chi connectivity index (χ2n) is 12.5. The summed E-state index contributed by atoms with van der Waals surface area (Å²) in [5.74, 6) is -0.692. The summed E-state index contributed by atoms with van der Waals surface area (Å²) in [4.78, 5) is 48.1. The number of aryl methyl sites for hydroxylation is 4. The monoisotopic (exact) mass is 770 g/mol. The Hall–Kier alpha value is -6.21. The molecule has 0 atom stereocenters. The quantitative estimate of drug-likeness (QED) is 0.0437. The minimum Gasteiger partial charge on any atom is -0.457 e. The van der Waals surface area contributed by atoms with Gasteiger partial charge in [-0.15, -0.1) is 0 Å². The Morgan fingerprint density at radius 3 is 1.22 bits per heavy atom. The van der Waals surface area contributed by atoms with Crippen LogP contribution in [0.4, 0.5) is 0 Å². The molecule has 0 aliphatic heterocycles. The van der Waals surface area contributed by atoms with Crippen LogP contribution in [0.15, 0.2) is 119 Å². The first kappa shape index (κ1) is 41.5. The van der Waals surface area contributed by atoms with Gasteiger partial charge in [0.1, 0.15) is 23.0 Å². The molecular weight excluding hydrogens is 729 g/mol. The van der Waals surface area contributed by atoms with Gasteiger partial charge < -0.3 is 28.4 Å². The summed E-state index contributed by atoms with van der Waals surface area (Å²) in [6, 6.07) is 21.6. The van der Waals surface area contributed by atoms with E-state index in [1.54, 1.807) is 38.1 Å². The minimum atomic E-state index is -3.93. The van der Waals surface area contributed by atoms with Gasteiger partial charge in [-0.25, -0.2) is 18.0 Å². The molecule has 0 aliphatic carbocycles. The maximum absolute atomic E-state index is 13.3. The molecular formula is C42H42O12S. The lowest BCUT2D eigenvalue weighted by atomic mass is 10.0. The van der Waals surface area contributed by atoms with E-state index in [4.69, 9.17) is 28.4 Å². The molecule has 0 heterocycles. The Balaban J connectivity index is 1.23. The maximum Gasteiger partial charge on any atom is 0.335 e. The minimum absolute atomic E-state index is 0.0102. The summed E-state index contributed by atoms with van der Waals surface area (Å²) in [7, 11) is -3.93. The van der Waals surface area contributed by atoms with Crippen molar-refractivity contribution in [2.45, 2.75) is 63.2 Å². The van der Waals surface area contributed by atoms with Gasteiger partial charge in [0.25, 0.3) is 0 Å². The average molecular weight is 771 g/mol. The highest BCUT2D eigenvalue weighted by atomic mass is 32.2. The average Bonchev–Trinajstić information content (AvgIpc) is 3.14. The maximum atomic E-state index is 13.3. The molecule has 0 spiro atoms. The number of carbonyl (C=O) groups excluding carboxylic acids is 4. The Labute approximate surface area is 320 Å². The van der Waals surface area contributed by atoms with Crippen molar-refractivity contribution in [2.24, 2.45) is 0 Å². The molecule has 0 saturated carbocycles. The predicted octanol–water partition coefficient (Wildman–Crippen LogP) is 7.12. The van der Waals surface area contributed by atoms with E-state index in [0.29, 0.717) is 24.3 Å². The second-order valence-corrected chi connectivity index (χ2v) is 14.5. The van der Waals surface area contributed by atoms with Crippen LogP contribution in [0.3, 0.4) is 0 Å². The van der Waals surface area contributed by atoms with Crippen LogP contribution < -0.4 is 18.9 Å². The van der Waals surface area contributed by atoms with Gasteiger partial charge in [-0.2, -0.15) is 0 Å². The lowest BCUT2D eigenvalue weighted by Crippen LogP contribution is -2.11. The number of hydrogen-bond donors (Lipinski definition) is 0. The zero-order chi connectivity index (χ0) is 40.1. The summed E-state index contributed by atoms with van der Waals surface area (Å²) in [6.07, 6.45) is 0.952. The van der Waals surface area contributed by atoms with Crippen molar-refractivity contribution < 1.29 is 56.0 Å². The van der Waals surface area contributed by atoms with Crippen molar-refractivity contribution >= 4 is 33.7 Å². The lowest BCUT2D eigenvalue weighted by molar-refractivity contribution is -0.146. The molecule has 0 saturated heterocycles. The van der Waals surface area contributed by atoms with E-state index in [2.05, 4.69) is 13.2 Å². The normalized spacial score (nSPS) is 10.8. The standard InChI is InChI=1S/C42H42O12S/c1-27(2)41(45)51-25-49-35-11-7-31(29(5)23-35)9-21-39(43)53-33-13-17-37(18-14-33)55(47,48)38-19-15-34(16-20-38)54-40(44)22-10-32-8-12-36(24-30(32)6)50-26-52-42(46)28(3)4/h7-8,11-20,23-24H,1,3,9-10,21-22,25-26H2,2,4-6H3. The molecule has 0 fully saturated rings. The topological polar surface area (TPSA) is 158 Å². The third kappa shape index (κ3) is 12.4. The van der Waals surface area contributed by atoms with E-state index >= 15 is 0 Å². The van der Waals surface area contributed by atoms with Crippen molar-refractivity contribution in [2.75, 3.05) is 13.6 Å². The van der Waals surface area contributed by atoms with Crippen LogP contribution in [-0.4, -0.2) is 45.9 Å². The third-order valence-corrected chi connectivity index (χ3v) is 9.87. The van der Waals surface area contributed by atoms with Crippen molar-refractivity contribution in [3.05, 3.63) is 131 Å². The summed E-state index contributed by atoms with van der Waals surface area (Å²) in [5.41, 5.74) is 4.09. The van der Waals surface area contributed by atoms with Crippen molar-refractivity contribution in [1.82, 2.24) is 0 Å². The van der Waals surface area contributed by atoms with Crippen LogP contribution in [0, 0.1) is 13.8 Å². The predicted molar refractivity (Wildman–Crippen MR) is 201 cm³/mol. The summed E-state index contributed by atoms with van der Waals surface area (Å²) < 4.78 is 58.1. The van der Waals surface area contributed by atoms with E-state index in [1.165, 1.54) is 48.5 Å². The molecule has 0 radical (unpaired) electrons. The van der Waals surface area contributed by atoms with Gasteiger partial charge in [0, 0.05) is 24.0 Å². The van der Waals surface area contributed by atoms with Gasteiger partial charge in [-0.05, 0) is 136 Å². The first-order valence-corrected chi connectivity index (χ1v) is 18.6. The van der Waals surface area contributed by atoms with E-state index in [0.717, 1.165) is 22.3 Å². The first-order valence-electron chi connectivity index (χ1n) is 17.1. The molecule has 55 heavy (non-hydrogen) atoms. The van der Waals surface area contributed by atoms with Gasteiger partial charge in [-0.3, -0.25) is 9.59 Å². The fourth-order valence-electron chi connectivity index (χ4n) is 4.97. The van der Waals surface area contributed by atoms with E-state index in [1.807, 2.05) is 26.0 Å². The smallest absolute Gasteiger partial charge is 0.335 e. The number of benzene rings is 4. The van der Waals surface area contributed by atoms with Gasteiger partial charge in [-0.1, -0.05) is 25.3 Å². The SMILES string of the molecule is C=C(C)C(=O)OCOc1ccc(CCC(=O)Oc2ccc(S(=O)(=O)c3ccc(OC(=O)CCc4ccc(OCOC(=O)C(=C)C)cc4C)cc3)cc2)c(C)c1. The number of sulfone groups is 1. The Kier molecular flexibility index (Phi) is 14.5. The second kappa shape index (κ2) is 19.2. The Bertz CT molecular complexity index is 2020. The zero-order valence-electron chi connectivity index (χ0n) is 31.0. The molecule has 0 N–H and O–H groups in total. The highest BCUT2D eigenvalue weighted by molar-refractivity contribution is 7.91. The summed E-state index contributed by atoms with van der Waals surface area (Å²) in [5, 5.41) is 0. The van der Waals surface area contributed by atoms with E-state index < -0.39 is 33.7 Å². The number of esters is 4. The molecule has 12 nitrogen and oxygen atoms in total. The molecule has 0 amide bonds. The van der Waals surface area contributed by atoms with E-state index in [9.17, 15) is 27.6 Å². The first-order chi connectivity index (χ1) is 26.1. The number of hydrogen-bond acceptors (Lipinski definition) is 12. The molecule has 4 rings (SSSR count).